The first-order valence-corrected chi connectivity index (χ1v) is 4.02. The fraction of sp³-hybridized carbons (Fsp3) is 0.500. The molecule has 52 valence electrons. The summed E-state index contributed by atoms with van der Waals surface area (Å²) in [4.78, 5) is 1.46. The van der Waals surface area contributed by atoms with E-state index < -0.39 is 0 Å². The van der Waals surface area contributed by atoms with Gasteiger partial charge in [-0.15, -0.1) is 11.3 Å². The van der Waals surface area contributed by atoms with Crippen LogP contribution < -0.4 is 0 Å². The Bertz CT molecular complexity index is 172. The number of thiophene rings is 1. The van der Waals surface area contributed by atoms with E-state index in [-0.39, 0.29) is 18.9 Å². The maximum absolute atomic E-state index is 2.23. The molecule has 0 atom stereocenters. The predicted octanol–water partition coefficient (Wildman–Crippen LogP) is 2.40. The van der Waals surface area contributed by atoms with E-state index in [0.717, 1.165) is 0 Å². The van der Waals surface area contributed by atoms with Gasteiger partial charge in [0.25, 0.3) is 0 Å². The van der Waals surface area contributed by atoms with Crippen LogP contribution in [0.1, 0.15) is 25.6 Å². The van der Waals surface area contributed by atoms with Gasteiger partial charge in [0.05, 0.1) is 0 Å². The average Bonchev–Trinajstić information content (AvgIpc) is 2.08. The van der Waals surface area contributed by atoms with Crippen LogP contribution >= 0.6 is 11.3 Å². The zero-order valence-corrected chi connectivity index (χ0v) is 6.96. The molecule has 1 aromatic rings. The first kappa shape index (κ1) is 10.3. The van der Waals surface area contributed by atoms with E-state index in [1.807, 2.05) is 11.3 Å². The Balaban J connectivity index is 0.000000810. The van der Waals surface area contributed by atoms with Gasteiger partial charge in [-0.25, -0.2) is 0 Å². The zero-order valence-electron chi connectivity index (χ0n) is 6.14. The molecule has 0 N–H and O–H groups in total. The first-order valence-electron chi connectivity index (χ1n) is 3.15. The molecule has 0 aromatic carbocycles. The van der Waals surface area contributed by atoms with Crippen molar-refractivity contribution in [1.29, 1.82) is 0 Å². The van der Waals surface area contributed by atoms with Gasteiger partial charge in [-0.1, -0.05) is 26.8 Å². The van der Waals surface area contributed by atoms with Crippen LogP contribution in [0, 0.1) is 0 Å². The van der Waals surface area contributed by atoms with Crippen molar-refractivity contribution in [2.45, 2.75) is 26.2 Å². The molecule has 1 rings (SSSR count). The van der Waals surface area contributed by atoms with Gasteiger partial charge in [-0.2, -0.15) is 0 Å². The van der Waals surface area contributed by atoms with Gasteiger partial charge in [0.15, 0.2) is 0 Å². The van der Waals surface area contributed by atoms with Crippen LogP contribution in [0.15, 0.2) is 17.5 Å². The molecule has 10 heavy (non-hydrogen) atoms. The SMILES string of the molecule is CC(C)(C)c1cccs1.[LiH]. The maximum atomic E-state index is 2.23. The van der Waals surface area contributed by atoms with Crippen molar-refractivity contribution in [2.75, 3.05) is 0 Å². The fourth-order valence-corrected chi connectivity index (χ4v) is 1.52. The van der Waals surface area contributed by atoms with Crippen molar-refractivity contribution < 1.29 is 0 Å². The monoisotopic (exact) mass is 148 g/mol. The summed E-state index contributed by atoms with van der Waals surface area (Å²) >= 11 is 1.83. The quantitative estimate of drug-likeness (QED) is 0.495. The minimum absolute atomic E-state index is 0. The number of rotatable bonds is 0. The second-order valence-electron chi connectivity index (χ2n) is 3.23. The molecule has 0 aliphatic heterocycles. The molecule has 1 heterocycles. The van der Waals surface area contributed by atoms with E-state index in [1.54, 1.807) is 0 Å². The van der Waals surface area contributed by atoms with Crippen LogP contribution in [0.5, 0.6) is 0 Å². The normalized spacial score (nSPS) is 10.7. The Morgan fingerprint density at radius 3 is 2.10 bits per heavy atom. The van der Waals surface area contributed by atoms with Crippen molar-refractivity contribution in [3.63, 3.8) is 0 Å². The van der Waals surface area contributed by atoms with Crippen LogP contribution in [0.4, 0.5) is 0 Å². The van der Waals surface area contributed by atoms with Gasteiger partial charge in [0.1, 0.15) is 0 Å². The van der Waals surface area contributed by atoms with Gasteiger partial charge in [-0.3, -0.25) is 0 Å². The summed E-state index contributed by atoms with van der Waals surface area (Å²) in [5.41, 5.74) is 0.341. The third-order valence-electron chi connectivity index (χ3n) is 1.26. The summed E-state index contributed by atoms with van der Waals surface area (Å²) < 4.78 is 0. The summed E-state index contributed by atoms with van der Waals surface area (Å²) in [5, 5.41) is 2.13. The van der Waals surface area contributed by atoms with Crippen molar-refractivity contribution in [2.24, 2.45) is 0 Å². The summed E-state index contributed by atoms with van der Waals surface area (Å²) in [6, 6.07) is 4.29. The Morgan fingerprint density at radius 1 is 1.30 bits per heavy atom. The van der Waals surface area contributed by atoms with Gasteiger partial charge in [0.2, 0.25) is 0 Å². The minimum atomic E-state index is 0. The average molecular weight is 148 g/mol. The molecule has 0 saturated carbocycles. The van der Waals surface area contributed by atoms with Gasteiger partial charge in [0, 0.05) is 4.88 Å². The van der Waals surface area contributed by atoms with E-state index in [0.29, 0.717) is 5.41 Å². The molecule has 1 aromatic heterocycles. The molecule has 0 aliphatic carbocycles. The summed E-state index contributed by atoms with van der Waals surface area (Å²) in [5.74, 6) is 0. The van der Waals surface area contributed by atoms with Crippen LogP contribution in [0.25, 0.3) is 0 Å². The van der Waals surface area contributed by atoms with Gasteiger partial charge < -0.3 is 0 Å². The molecule has 2 heteroatoms. The topological polar surface area (TPSA) is 0 Å². The van der Waals surface area contributed by atoms with E-state index in [1.165, 1.54) is 4.88 Å². The summed E-state index contributed by atoms with van der Waals surface area (Å²) in [7, 11) is 0. The third kappa shape index (κ3) is 2.50. The molecule has 0 unspecified atom stereocenters. The molecule has 0 aliphatic rings. The van der Waals surface area contributed by atoms with Crippen molar-refractivity contribution in [3.8, 4) is 0 Å². The van der Waals surface area contributed by atoms with E-state index in [9.17, 15) is 0 Å². The molecule has 0 nitrogen and oxygen atoms in total. The van der Waals surface area contributed by atoms with E-state index in [4.69, 9.17) is 0 Å². The predicted molar refractivity (Wildman–Crippen MR) is 50.2 cm³/mol. The summed E-state index contributed by atoms with van der Waals surface area (Å²) in [6.45, 7) is 6.70. The Kier molecular flexibility index (Phi) is 3.73. The van der Waals surface area contributed by atoms with Gasteiger partial charge in [-0.05, 0) is 16.9 Å². The van der Waals surface area contributed by atoms with Crippen LogP contribution in [-0.4, -0.2) is 18.9 Å². The van der Waals surface area contributed by atoms with Crippen LogP contribution in [0.3, 0.4) is 0 Å². The zero-order chi connectivity index (χ0) is 6.91. The second kappa shape index (κ2) is 3.62. The molecular weight excluding hydrogens is 135 g/mol. The Morgan fingerprint density at radius 2 is 1.90 bits per heavy atom. The Hall–Kier alpha value is 0.297. The van der Waals surface area contributed by atoms with Gasteiger partial charge >= 0.3 is 18.9 Å². The molecule has 0 fully saturated rings. The van der Waals surface area contributed by atoms with Crippen LogP contribution in [0.2, 0.25) is 0 Å². The first-order chi connectivity index (χ1) is 4.11. The van der Waals surface area contributed by atoms with E-state index >= 15 is 0 Å². The van der Waals surface area contributed by atoms with Crippen LogP contribution in [-0.2, 0) is 5.41 Å². The van der Waals surface area contributed by atoms with Crippen molar-refractivity contribution in [1.82, 2.24) is 0 Å². The molecule has 0 radical (unpaired) electrons. The second-order valence-corrected chi connectivity index (χ2v) is 4.17. The number of hydrogen-bond donors (Lipinski definition) is 0. The van der Waals surface area contributed by atoms with Crippen molar-refractivity contribution in [3.05, 3.63) is 22.4 Å². The molecule has 0 saturated heterocycles. The standard InChI is InChI=1S/C8H12S.Li.H/c1-8(2,3)7-5-4-6-9-7;;/h4-6H,1-3H3;;. The molecule has 0 bridgehead atoms. The fourth-order valence-electron chi connectivity index (χ4n) is 0.705. The Labute approximate surface area is 78.8 Å². The molecular formula is C8H13LiS. The number of hydrogen-bond acceptors (Lipinski definition) is 1. The van der Waals surface area contributed by atoms with Crippen molar-refractivity contribution >= 4 is 30.2 Å². The molecule has 0 spiro atoms. The third-order valence-corrected chi connectivity index (χ3v) is 2.56. The summed E-state index contributed by atoms with van der Waals surface area (Å²) in [6.07, 6.45) is 0. The molecule has 0 amide bonds. The van der Waals surface area contributed by atoms with E-state index in [2.05, 4.69) is 38.3 Å².